The van der Waals surface area contributed by atoms with E-state index in [0.29, 0.717) is 18.1 Å². The number of hydrogen-bond donors (Lipinski definition) is 1. The summed E-state index contributed by atoms with van der Waals surface area (Å²) in [6.07, 6.45) is 6.67. The van der Waals surface area contributed by atoms with Gasteiger partial charge in [0.05, 0.1) is 24.2 Å². The van der Waals surface area contributed by atoms with Gasteiger partial charge < -0.3 is 10.1 Å². The van der Waals surface area contributed by atoms with Crippen LogP contribution >= 0.6 is 0 Å². The lowest BCUT2D eigenvalue weighted by molar-refractivity contribution is 0.341. The molecule has 0 atom stereocenters. The minimum absolute atomic E-state index is 0.0148. The SMILES string of the molecule is CCOc1ccccc1-c1cc(Nc2cccc(N(C3CCCC3)S(C)(=O)=O)c2)ncn1. The average molecular weight is 453 g/mol. The Labute approximate surface area is 189 Å². The van der Waals surface area contributed by atoms with Gasteiger partial charge in [0.25, 0.3) is 0 Å². The van der Waals surface area contributed by atoms with E-state index in [4.69, 9.17) is 4.74 Å². The van der Waals surface area contributed by atoms with Crippen molar-refractivity contribution in [3.05, 3.63) is 60.9 Å². The first-order valence-corrected chi connectivity index (χ1v) is 12.7. The zero-order chi connectivity index (χ0) is 22.6. The van der Waals surface area contributed by atoms with Gasteiger partial charge in [-0.3, -0.25) is 4.31 Å². The number of aromatic nitrogens is 2. The Morgan fingerprint density at radius 2 is 1.84 bits per heavy atom. The second kappa shape index (κ2) is 9.56. The Kier molecular flexibility index (Phi) is 6.60. The van der Waals surface area contributed by atoms with E-state index in [1.54, 1.807) is 4.31 Å². The van der Waals surface area contributed by atoms with Crippen molar-refractivity contribution in [2.24, 2.45) is 0 Å². The summed E-state index contributed by atoms with van der Waals surface area (Å²) in [4.78, 5) is 8.75. The zero-order valence-electron chi connectivity index (χ0n) is 18.4. The van der Waals surface area contributed by atoms with Crippen molar-refractivity contribution in [2.75, 3.05) is 22.5 Å². The molecule has 0 unspecified atom stereocenters. The molecule has 4 rings (SSSR count). The first-order chi connectivity index (χ1) is 15.5. The van der Waals surface area contributed by atoms with Crippen LogP contribution in [0.25, 0.3) is 11.3 Å². The number of hydrogen-bond acceptors (Lipinski definition) is 6. The van der Waals surface area contributed by atoms with Gasteiger partial charge >= 0.3 is 0 Å². The third kappa shape index (κ3) is 5.02. The monoisotopic (exact) mass is 452 g/mol. The number of nitrogens with zero attached hydrogens (tertiary/aromatic N) is 3. The van der Waals surface area contributed by atoms with Gasteiger partial charge in [0, 0.05) is 23.4 Å². The molecule has 1 fully saturated rings. The number of ether oxygens (including phenoxy) is 1. The van der Waals surface area contributed by atoms with E-state index in [-0.39, 0.29) is 6.04 Å². The van der Waals surface area contributed by atoms with Crippen molar-refractivity contribution in [2.45, 2.75) is 38.6 Å². The summed E-state index contributed by atoms with van der Waals surface area (Å²) in [5, 5.41) is 3.29. The minimum atomic E-state index is -3.38. The van der Waals surface area contributed by atoms with Crippen LogP contribution in [0, 0.1) is 0 Å². The van der Waals surface area contributed by atoms with Crippen LogP contribution in [0.3, 0.4) is 0 Å². The van der Waals surface area contributed by atoms with Gasteiger partial charge in [-0.05, 0) is 50.1 Å². The van der Waals surface area contributed by atoms with Crippen LogP contribution in [0.1, 0.15) is 32.6 Å². The molecule has 7 nitrogen and oxygen atoms in total. The van der Waals surface area contributed by atoms with Crippen LogP contribution in [0.4, 0.5) is 17.2 Å². The van der Waals surface area contributed by atoms with Crippen molar-refractivity contribution < 1.29 is 13.2 Å². The highest BCUT2D eigenvalue weighted by molar-refractivity contribution is 7.92. The lowest BCUT2D eigenvalue weighted by Gasteiger charge is -2.29. The van der Waals surface area contributed by atoms with Crippen molar-refractivity contribution in [3.8, 4) is 17.0 Å². The number of para-hydroxylation sites is 1. The molecular weight excluding hydrogens is 424 g/mol. The lowest BCUT2D eigenvalue weighted by Crippen LogP contribution is -2.38. The predicted molar refractivity (Wildman–Crippen MR) is 128 cm³/mol. The van der Waals surface area contributed by atoms with E-state index < -0.39 is 10.0 Å². The summed E-state index contributed by atoms with van der Waals surface area (Å²) in [6.45, 7) is 2.51. The molecule has 1 heterocycles. The molecule has 168 valence electrons. The van der Waals surface area contributed by atoms with Gasteiger partial charge in [0.2, 0.25) is 10.0 Å². The third-order valence-electron chi connectivity index (χ3n) is 5.52. The zero-order valence-corrected chi connectivity index (χ0v) is 19.2. The van der Waals surface area contributed by atoms with Crippen LogP contribution in [0.2, 0.25) is 0 Å². The van der Waals surface area contributed by atoms with Gasteiger partial charge in [0.15, 0.2) is 0 Å². The van der Waals surface area contributed by atoms with Crippen LogP contribution < -0.4 is 14.4 Å². The van der Waals surface area contributed by atoms with E-state index in [0.717, 1.165) is 48.4 Å². The average Bonchev–Trinajstić information content (AvgIpc) is 3.28. The fourth-order valence-corrected chi connectivity index (χ4v) is 5.46. The Morgan fingerprint density at radius 1 is 1.06 bits per heavy atom. The largest absolute Gasteiger partial charge is 0.493 e. The number of rotatable bonds is 8. The summed E-state index contributed by atoms with van der Waals surface area (Å²) < 4.78 is 32.4. The third-order valence-corrected chi connectivity index (χ3v) is 6.74. The highest BCUT2D eigenvalue weighted by Gasteiger charge is 2.29. The highest BCUT2D eigenvalue weighted by atomic mass is 32.2. The Balaban J connectivity index is 1.61. The second-order valence-electron chi connectivity index (χ2n) is 7.89. The van der Waals surface area contributed by atoms with Gasteiger partial charge in [-0.25, -0.2) is 18.4 Å². The number of benzene rings is 2. The molecule has 0 radical (unpaired) electrons. The molecule has 3 aromatic rings. The van der Waals surface area contributed by atoms with Crippen LogP contribution in [0.15, 0.2) is 60.9 Å². The highest BCUT2D eigenvalue weighted by Crippen LogP contribution is 2.33. The Hall–Kier alpha value is -3.13. The van der Waals surface area contributed by atoms with E-state index in [9.17, 15) is 8.42 Å². The maximum atomic E-state index is 12.5. The molecule has 1 N–H and O–H groups in total. The summed E-state index contributed by atoms with van der Waals surface area (Å²) in [7, 11) is -3.38. The van der Waals surface area contributed by atoms with Crippen molar-refractivity contribution >= 4 is 27.2 Å². The van der Waals surface area contributed by atoms with Gasteiger partial charge in [-0.2, -0.15) is 0 Å². The lowest BCUT2D eigenvalue weighted by atomic mass is 10.1. The molecule has 8 heteroatoms. The Bertz CT molecular complexity index is 1180. The van der Waals surface area contributed by atoms with Gasteiger partial charge in [0.1, 0.15) is 17.9 Å². The molecular formula is C24H28N4O3S. The standard InChI is InChI=1S/C24H28N4O3S/c1-3-31-23-14-7-6-13-21(23)22-16-24(26-17-25-22)27-18-9-8-12-20(15-18)28(32(2,29)30)19-10-4-5-11-19/h6-9,12-17,19H,3-5,10-11H2,1-2H3,(H,25,26,27). The van der Waals surface area contributed by atoms with E-state index >= 15 is 0 Å². The predicted octanol–water partition coefficient (Wildman–Crippen LogP) is 4.99. The first kappa shape index (κ1) is 22.1. The maximum absolute atomic E-state index is 12.5. The number of anilines is 3. The maximum Gasteiger partial charge on any atom is 0.232 e. The van der Waals surface area contributed by atoms with Crippen molar-refractivity contribution in [3.63, 3.8) is 0 Å². The smallest absolute Gasteiger partial charge is 0.232 e. The summed E-state index contributed by atoms with van der Waals surface area (Å²) >= 11 is 0. The quantitative estimate of drug-likeness (QED) is 0.518. The fraction of sp³-hybridized carbons (Fsp3) is 0.333. The summed E-state index contributed by atoms with van der Waals surface area (Å²) in [5.41, 5.74) is 3.06. The molecule has 32 heavy (non-hydrogen) atoms. The molecule has 0 saturated heterocycles. The minimum Gasteiger partial charge on any atom is -0.493 e. The van der Waals surface area contributed by atoms with E-state index in [1.807, 2.05) is 61.5 Å². The van der Waals surface area contributed by atoms with Crippen LogP contribution in [0.5, 0.6) is 5.75 Å². The normalized spacial score (nSPS) is 14.3. The molecule has 2 aromatic carbocycles. The molecule has 1 aromatic heterocycles. The first-order valence-electron chi connectivity index (χ1n) is 10.9. The molecule has 1 aliphatic carbocycles. The summed E-state index contributed by atoms with van der Waals surface area (Å²) in [6, 6.07) is 17.1. The molecule has 1 aliphatic rings. The topological polar surface area (TPSA) is 84.4 Å². The second-order valence-corrected chi connectivity index (χ2v) is 9.75. The molecule has 0 spiro atoms. The van der Waals surface area contributed by atoms with Crippen molar-refractivity contribution in [1.29, 1.82) is 0 Å². The van der Waals surface area contributed by atoms with Gasteiger partial charge in [-0.15, -0.1) is 0 Å². The molecule has 0 aliphatic heterocycles. The number of nitrogens with one attached hydrogen (secondary N) is 1. The number of sulfonamides is 1. The Morgan fingerprint density at radius 3 is 2.59 bits per heavy atom. The van der Waals surface area contributed by atoms with Gasteiger partial charge in [-0.1, -0.05) is 31.0 Å². The molecule has 0 amide bonds. The molecule has 0 bridgehead atoms. The van der Waals surface area contributed by atoms with E-state index in [2.05, 4.69) is 15.3 Å². The van der Waals surface area contributed by atoms with Crippen LogP contribution in [-0.2, 0) is 10.0 Å². The van der Waals surface area contributed by atoms with Crippen LogP contribution in [-0.4, -0.2) is 37.3 Å². The molecule has 1 saturated carbocycles. The summed E-state index contributed by atoms with van der Waals surface area (Å²) in [5.74, 6) is 1.38. The fourth-order valence-electron chi connectivity index (χ4n) is 4.21. The van der Waals surface area contributed by atoms with Crippen molar-refractivity contribution in [1.82, 2.24) is 9.97 Å². The van der Waals surface area contributed by atoms with E-state index in [1.165, 1.54) is 12.6 Å².